The number of ether oxygens (including phenoxy) is 4. The number of hydrogen-bond donors (Lipinski definition) is 2. The molecule has 0 saturated heterocycles. The molecule has 0 unspecified atom stereocenters. The zero-order chi connectivity index (χ0) is 23.3. The summed E-state index contributed by atoms with van der Waals surface area (Å²) in [6, 6.07) is 9.34. The lowest BCUT2D eigenvalue weighted by Gasteiger charge is -2.20. The Morgan fingerprint density at radius 2 is 1.61 bits per heavy atom. The number of pyridine rings is 1. The van der Waals surface area contributed by atoms with E-state index >= 15 is 0 Å². The molecule has 8 heteroatoms. The number of aromatic nitrogens is 1. The first kappa shape index (κ1) is 21.1. The van der Waals surface area contributed by atoms with Crippen molar-refractivity contribution in [2.75, 3.05) is 27.6 Å². The van der Waals surface area contributed by atoms with Crippen molar-refractivity contribution in [3.05, 3.63) is 42.1 Å². The van der Waals surface area contributed by atoms with E-state index in [1.807, 2.05) is 44.2 Å². The summed E-state index contributed by atoms with van der Waals surface area (Å²) in [5.74, 6) is 2.19. The molecular formula is C25H25N3O5. The largest absolute Gasteiger partial charge is 0.493 e. The number of methoxy groups -OCH3 is 2. The molecule has 0 radical (unpaired) electrons. The van der Waals surface area contributed by atoms with Gasteiger partial charge in [0.2, 0.25) is 6.79 Å². The van der Waals surface area contributed by atoms with Crippen LogP contribution >= 0.6 is 0 Å². The van der Waals surface area contributed by atoms with Gasteiger partial charge in [0.05, 0.1) is 19.7 Å². The first-order valence-electron chi connectivity index (χ1n) is 10.6. The van der Waals surface area contributed by atoms with Crippen molar-refractivity contribution in [3.8, 4) is 23.0 Å². The van der Waals surface area contributed by atoms with Crippen LogP contribution in [0.5, 0.6) is 23.0 Å². The summed E-state index contributed by atoms with van der Waals surface area (Å²) in [6.07, 6.45) is 1.80. The van der Waals surface area contributed by atoms with E-state index in [9.17, 15) is 4.79 Å². The average Bonchev–Trinajstić information content (AvgIpc) is 3.26. The van der Waals surface area contributed by atoms with Crippen molar-refractivity contribution >= 4 is 38.4 Å². The minimum Gasteiger partial charge on any atom is -0.493 e. The zero-order valence-corrected chi connectivity index (χ0v) is 18.9. The van der Waals surface area contributed by atoms with Crippen LogP contribution < -0.4 is 30.0 Å². The number of amides is 1. The quantitative estimate of drug-likeness (QED) is 0.449. The Morgan fingerprint density at radius 1 is 0.970 bits per heavy atom. The standard InChI is InChI=1S/C25H25N3O5/c1-25(2,26)11-28-24(29)17-5-13-16-8-22-23(33-12-32-22)9-19(16)27-10-18(13)15-7-21(31-4)20(30-3)6-14(15)17/h5-10H,11-12,26H2,1-4H3,(H,28,29). The van der Waals surface area contributed by atoms with Crippen molar-refractivity contribution < 1.29 is 23.7 Å². The van der Waals surface area contributed by atoms with Crippen LogP contribution in [0.3, 0.4) is 0 Å². The molecule has 0 fully saturated rings. The maximum Gasteiger partial charge on any atom is 0.252 e. The molecule has 3 aromatic carbocycles. The van der Waals surface area contributed by atoms with Gasteiger partial charge in [-0.2, -0.15) is 0 Å². The SMILES string of the molecule is COc1cc2c(C(=O)NCC(C)(C)N)cc3c4cc5c(cc4ncc3c2cc1OC)OCO5. The molecule has 1 amide bonds. The van der Waals surface area contributed by atoms with Crippen LogP contribution in [-0.2, 0) is 0 Å². The Bertz CT molecular complexity index is 1430. The maximum atomic E-state index is 13.3. The number of nitrogens with one attached hydrogen (secondary N) is 1. The smallest absolute Gasteiger partial charge is 0.252 e. The molecule has 1 aliphatic heterocycles. The number of benzene rings is 3. The highest BCUT2D eigenvalue weighted by atomic mass is 16.7. The van der Waals surface area contributed by atoms with Crippen LogP contribution in [0.15, 0.2) is 36.5 Å². The van der Waals surface area contributed by atoms with Gasteiger partial charge in [-0.3, -0.25) is 9.78 Å². The Balaban J connectivity index is 1.83. The van der Waals surface area contributed by atoms with Gasteiger partial charge in [-0.05, 0) is 54.3 Å². The van der Waals surface area contributed by atoms with Gasteiger partial charge >= 0.3 is 0 Å². The third kappa shape index (κ3) is 3.62. The maximum absolute atomic E-state index is 13.3. The topological polar surface area (TPSA) is 105 Å². The summed E-state index contributed by atoms with van der Waals surface area (Å²) < 4.78 is 22.1. The molecule has 0 aliphatic carbocycles. The Kier molecular flexibility index (Phi) is 4.90. The highest BCUT2D eigenvalue weighted by molar-refractivity contribution is 6.22. The van der Waals surface area contributed by atoms with Crippen LogP contribution in [0.25, 0.3) is 32.4 Å². The summed E-state index contributed by atoms with van der Waals surface area (Å²) in [5.41, 5.74) is 6.80. The van der Waals surface area contributed by atoms with Gasteiger partial charge in [0.1, 0.15) is 0 Å². The molecule has 0 bridgehead atoms. The number of nitrogens with zero attached hydrogens (tertiary/aromatic N) is 1. The van der Waals surface area contributed by atoms with Crippen molar-refractivity contribution in [3.63, 3.8) is 0 Å². The van der Waals surface area contributed by atoms with Gasteiger partial charge in [0.25, 0.3) is 5.91 Å². The van der Waals surface area contributed by atoms with Gasteiger partial charge < -0.3 is 30.0 Å². The summed E-state index contributed by atoms with van der Waals surface area (Å²) in [6.45, 7) is 4.23. The molecule has 3 N–H and O–H groups in total. The van der Waals surface area contributed by atoms with E-state index in [0.717, 1.165) is 32.4 Å². The minimum absolute atomic E-state index is 0.173. The second-order valence-electron chi connectivity index (χ2n) is 8.79. The lowest BCUT2D eigenvalue weighted by Crippen LogP contribution is -2.45. The van der Waals surface area contributed by atoms with E-state index in [1.54, 1.807) is 20.4 Å². The number of fused-ring (bicyclic) bond motifs is 6. The van der Waals surface area contributed by atoms with Crippen molar-refractivity contribution in [1.82, 2.24) is 10.3 Å². The predicted molar refractivity (Wildman–Crippen MR) is 127 cm³/mol. The fourth-order valence-corrected chi connectivity index (χ4v) is 4.11. The Morgan fingerprint density at radius 3 is 2.27 bits per heavy atom. The lowest BCUT2D eigenvalue weighted by atomic mass is 9.94. The fraction of sp³-hybridized carbons (Fsp3) is 0.280. The van der Waals surface area contributed by atoms with E-state index in [0.29, 0.717) is 35.1 Å². The highest BCUT2D eigenvalue weighted by Gasteiger charge is 2.21. The molecule has 0 saturated carbocycles. The fourth-order valence-electron chi connectivity index (χ4n) is 4.11. The molecule has 33 heavy (non-hydrogen) atoms. The molecule has 170 valence electrons. The number of hydrogen-bond acceptors (Lipinski definition) is 7. The molecule has 5 rings (SSSR count). The van der Waals surface area contributed by atoms with E-state index in [1.165, 1.54) is 0 Å². The molecule has 8 nitrogen and oxygen atoms in total. The zero-order valence-electron chi connectivity index (χ0n) is 18.9. The van der Waals surface area contributed by atoms with Crippen LogP contribution in [-0.4, -0.2) is 44.0 Å². The number of rotatable bonds is 5. The van der Waals surface area contributed by atoms with Crippen molar-refractivity contribution in [2.45, 2.75) is 19.4 Å². The average molecular weight is 447 g/mol. The Hall–Kier alpha value is -3.78. The highest BCUT2D eigenvalue weighted by Crippen LogP contribution is 2.42. The molecule has 0 spiro atoms. The molecular weight excluding hydrogens is 422 g/mol. The molecule has 2 heterocycles. The van der Waals surface area contributed by atoms with Crippen LogP contribution in [0, 0.1) is 0 Å². The predicted octanol–water partition coefficient (Wildman–Crippen LogP) is 3.75. The van der Waals surface area contributed by atoms with Crippen LogP contribution in [0.2, 0.25) is 0 Å². The first-order chi connectivity index (χ1) is 15.8. The summed E-state index contributed by atoms with van der Waals surface area (Å²) in [4.78, 5) is 18.0. The van der Waals surface area contributed by atoms with Crippen molar-refractivity contribution in [2.24, 2.45) is 5.73 Å². The molecule has 1 aliphatic rings. The second-order valence-corrected chi connectivity index (χ2v) is 8.79. The van der Waals surface area contributed by atoms with E-state index in [4.69, 9.17) is 24.7 Å². The number of nitrogens with two attached hydrogens (primary N) is 1. The van der Waals surface area contributed by atoms with Crippen LogP contribution in [0.1, 0.15) is 24.2 Å². The van der Waals surface area contributed by atoms with E-state index < -0.39 is 5.54 Å². The minimum atomic E-state index is -0.544. The summed E-state index contributed by atoms with van der Waals surface area (Å²) in [7, 11) is 3.15. The van der Waals surface area contributed by atoms with Gasteiger partial charge in [-0.25, -0.2) is 0 Å². The molecule has 4 aromatic rings. The second kappa shape index (κ2) is 7.67. The van der Waals surface area contributed by atoms with Gasteiger partial charge in [-0.15, -0.1) is 0 Å². The van der Waals surface area contributed by atoms with Gasteiger partial charge in [0.15, 0.2) is 23.0 Å². The molecule has 0 atom stereocenters. The normalized spacial score (nSPS) is 13.0. The number of carbonyl (C=O) groups is 1. The third-order valence-corrected chi connectivity index (χ3v) is 5.75. The Labute approximate surface area is 190 Å². The number of carbonyl (C=O) groups excluding carboxylic acids is 1. The lowest BCUT2D eigenvalue weighted by molar-refractivity contribution is 0.0948. The van der Waals surface area contributed by atoms with Crippen molar-refractivity contribution in [1.29, 1.82) is 0 Å². The van der Waals surface area contributed by atoms with Crippen LogP contribution in [0.4, 0.5) is 0 Å². The third-order valence-electron chi connectivity index (χ3n) is 5.75. The summed E-state index contributed by atoms with van der Waals surface area (Å²) >= 11 is 0. The van der Waals surface area contributed by atoms with E-state index in [-0.39, 0.29) is 12.7 Å². The molecule has 1 aromatic heterocycles. The van der Waals surface area contributed by atoms with E-state index in [2.05, 4.69) is 10.3 Å². The van der Waals surface area contributed by atoms with Gasteiger partial charge in [-0.1, -0.05) is 0 Å². The summed E-state index contributed by atoms with van der Waals surface area (Å²) in [5, 5.41) is 7.13. The van der Waals surface area contributed by atoms with Gasteiger partial charge in [0, 0.05) is 40.7 Å². The first-order valence-corrected chi connectivity index (χ1v) is 10.6. The monoisotopic (exact) mass is 447 g/mol.